The van der Waals surface area contributed by atoms with Crippen LogP contribution in [-0.4, -0.2) is 54.8 Å². The second kappa shape index (κ2) is 10.7. The summed E-state index contributed by atoms with van der Waals surface area (Å²) >= 11 is 0. The van der Waals surface area contributed by atoms with Crippen LogP contribution >= 0.6 is 0 Å². The topological polar surface area (TPSA) is 116 Å². The summed E-state index contributed by atoms with van der Waals surface area (Å²) in [6.45, 7) is 4.74. The Morgan fingerprint density at radius 3 is 1.85 bits per heavy atom. The number of aliphatic hydroxyl groups excluding tert-OH is 2. The minimum atomic E-state index is -3.67. The highest BCUT2D eigenvalue weighted by molar-refractivity contribution is 7.85. The second-order valence-electron chi connectivity index (χ2n) is 8.49. The Labute approximate surface area is 199 Å². The summed E-state index contributed by atoms with van der Waals surface area (Å²) in [6, 6.07) is 21.1. The van der Waals surface area contributed by atoms with E-state index in [1.165, 1.54) is 16.2 Å². The molecule has 0 saturated heterocycles. The molecule has 4 N–H and O–H groups in total. The van der Waals surface area contributed by atoms with Crippen molar-refractivity contribution in [3.8, 4) is 5.75 Å². The van der Waals surface area contributed by atoms with E-state index in [2.05, 4.69) is 53.8 Å². The summed E-state index contributed by atoms with van der Waals surface area (Å²) < 4.78 is 31.8. The number of hydrogen-bond donors (Lipinski definition) is 4. The fraction of sp³-hybridized carbons (Fsp3) is 0.308. The van der Waals surface area contributed by atoms with Crippen molar-refractivity contribution < 1.29 is 27.9 Å². The predicted octanol–water partition coefficient (Wildman–Crippen LogP) is 3.88. The van der Waals surface area contributed by atoms with Gasteiger partial charge in [0.2, 0.25) is 0 Å². The van der Waals surface area contributed by atoms with Crippen LogP contribution < -0.4 is 10.1 Å². The molecule has 0 atom stereocenters. The third-order valence-corrected chi connectivity index (χ3v) is 5.63. The molecule has 34 heavy (non-hydrogen) atoms. The van der Waals surface area contributed by atoms with Gasteiger partial charge in [-0.2, -0.15) is 8.42 Å². The highest BCUT2D eigenvalue weighted by Crippen LogP contribution is 2.38. The van der Waals surface area contributed by atoms with Crippen molar-refractivity contribution in [3.63, 3.8) is 0 Å². The van der Waals surface area contributed by atoms with Crippen molar-refractivity contribution in [2.75, 3.05) is 26.1 Å². The predicted molar refractivity (Wildman–Crippen MR) is 137 cm³/mol. The van der Waals surface area contributed by atoms with Gasteiger partial charge in [-0.1, -0.05) is 48.5 Å². The lowest BCUT2D eigenvalue weighted by atomic mass is 9.92. The first kappa shape index (κ1) is 25.9. The average Bonchev–Trinajstić information content (AvgIpc) is 2.82. The van der Waals surface area contributed by atoms with Crippen molar-refractivity contribution in [2.24, 2.45) is 0 Å². The molecule has 0 unspecified atom stereocenters. The molecule has 7 nitrogen and oxygen atoms in total. The first-order valence-electron chi connectivity index (χ1n) is 11.0. The molecule has 0 aromatic heterocycles. The van der Waals surface area contributed by atoms with E-state index in [1.807, 2.05) is 26.0 Å². The molecule has 0 saturated carbocycles. The van der Waals surface area contributed by atoms with Gasteiger partial charge in [-0.3, -0.25) is 4.55 Å². The Morgan fingerprint density at radius 1 is 0.853 bits per heavy atom. The van der Waals surface area contributed by atoms with Crippen molar-refractivity contribution >= 4 is 42.4 Å². The molecular formula is C26H31NO6S. The van der Waals surface area contributed by atoms with Crippen LogP contribution in [0.3, 0.4) is 0 Å². The smallest absolute Gasteiger partial charge is 0.261 e. The van der Waals surface area contributed by atoms with Crippen LogP contribution in [0.25, 0.3) is 32.3 Å². The van der Waals surface area contributed by atoms with E-state index in [1.54, 1.807) is 0 Å². The van der Waals surface area contributed by atoms with Gasteiger partial charge < -0.3 is 20.3 Å². The number of nitrogens with one attached hydrogen (secondary N) is 1. The van der Waals surface area contributed by atoms with Gasteiger partial charge in [0.1, 0.15) is 5.75 Å². The van der Waals surface area contributed by atoms with Crippen molar-refractivity contribution in [1.29, 1.82) is 0 Å². The molecule has 0 spiro atoms. The number of hydrogen-bond acceptors (Lipinski definition) is 6. The van der Waals surface area contributed by atoms with E-state index < -0.39 is 15.7 Å². The molecule has 4 aromatic carbocycles. The van der Waals surface area contributed by atoms with Gasteiger partial charge in [0.25, 0.3) is 10.1 Å². The van der Waals surface area contributed by atoms with Crippen molar-refractivity contribution in [3.05, 3.63) is 66.2 Å². The average molecular weight is 486 g/mol. The van der Waals surface area contributed by atoms with Gasteiger partial charge in [0, 0.05) is 11.9 Å². The molecule has 0 heterocycles. The van der Waals surface area contributed by atoms with E-state index in [4.69, 9.17) is 9.29 Å². The zero-order valence-corrected chi connectivity index (χ0v) is 20.4. The van der Waals surface area contributed by atoms with E-state index in [-0.39, 0.29) is 13.2 Å². The molecule has 4 aromatic rings. The minimum absolute atomic E-state index is 0.129. The fourth-order valence-corrected chi connectivity index (χ4v) is 3.88. The third kappa shape index (κ3) is 6.02. The summed E-state index contributed by atoms with van der Waals surface area (Å²) in [6.07, 6.45) is 0.715. The lowest BCUT2D eigenvalue weighted by molar-refractivity contribution is 0.103. The van der Waals surface area contributed by atoms with Gasteiger partial charge >= 0.3 is 0 Å². The van der Waals surface area contributed by atoms with Crippen LogP contribution in [0, 0.1) is 0 Å². The fourth-order valence-electron chi connectivity index (χ4n) is 3.88. The SMILES string of the molecule is CCOc1cc2c3ccccc3c(CNC(C)(CO)CO)cc2c2ccccc12.CS(=O)(=O)O. The Balaban J connectivity index is 0.000000588. The van der Waals surface area contributed by atoms with Crippen LogP contribution in [-0.2, 0) is 16.7 Å². The van der Waals surface area contributed by atoms with Crippen LogP contribution in [0.5, 0.6) is 5.75 Å². The molecule has 0 fully saturated rings. The maximum Gasteiger partial charge on any atom is 0.261 e. The summed E-state index contributed by atoms with van der Waals surface area (Å²) in [7, 11) is -3.67. The normalized spacial score (nSPS) is 12.1. The summed E-state index contributed by atoms with van der Waals surface area (Å²) in [4.78, 5) is 0. The van der Waals surface area contributed by atoms with E-state index in [0.29, 0.717) is 19.4 Å². The largest absolute Gasteiger partial charge is 0.493 e. The maximum atomic E-state index is 9.63. The summed E-state index contributed by atoms with van der Waals surface area (Å²) in [5.41, 5.74) is 0.410. The molecule has 8 heteroatoms. The Morgan fingerprint density at radius 2 is 1.32 bits per heavy atom. The Kier molecular flexibility index (Phi) is 8.12. The van der Waals surface area contributed by atoms with Crippen LogP contribution in [0.2, 0.25) is 0 Å². The summed E-state index contributed by atoms with van der Waals surface area (Å²) in [5.74, 6) is 0.903. The number of rotatable bonds is 7. The molecule has 0 aliphatic carbocycles. The molecule has 0 radical (unpaired) electrons. The Hall–Kier alpha value is -2.75. The van der Waals surface area contributed by atoms with Crippen LogP contribution in [0.15, 0.2) is 60.7 Å². The van der Waals surface area contributed by atoms with Gasteiger partial charge in [0.05, 0.1) is 31.6 Å². The first-order valence-corrected chi connectivity index (χ1v) is 12.8. The molecular weight excluding hydrogens is 454 g/mol. The lowest BCUT2D eigenvalue weighted by Gasteiger charge is -2.27. The van der Waals surface area contributed by atoms with E-state index in [9.17, 15) is 18.6 Å². The molecule has 0 bridgehead atoms. The molecule has 0 amide bonds. The number of aliphatic hydroxyl groups is 2. The number of fused-ring (bicyclic) bond motifs is 5. The van der Waals surface area contributed by atoms with Crippen molar-refractivity contribution in [1.82, 2.24) is 5.32 Å². The Bertz CT molecular complexity index is 1390. The monoisotopic (exact) mass is 485 g/mol. The second-order valence-corrected chi connectivity index (χ2v) is 9.96. The lowest BCUT2D eigenvalue weighted by Crippen LogP contribution is -2.48. The van der Waals surface area contributed by atoms with Gasteiger partial charge in [-0.15, -0.1) is 0 Å². The number of ether oxygens (including phenoxy) is 1. The quantitative estimate of drug-likeness (QED) is 0.232. The third-order valence-electron chi connectivity index (χ3n) is 5.63. The van der Waals surface area contributed by atoms with Crippen molar-refractivity contribution in [2.45, 2.75) is 25.9 Å². The zero-order chi connectivity index (χ0) is 24.9. The summed E-state index contributed by atoms with van der Waals surface area (Å²) in [5, 5.41) is 29.5. The van der Waals surface area contributed by atoms with Gasteiger partial charge in [-0.25, -0.2) is 0 Å². The number of benzene rings is 4. The molecule has 4 rings (SSSR count). The highest BCUT2D eigenvalue weighted by atomic mass is 32.2. The highest BCUT2D eigenvalue weighted by Gasteiger charge is 2.22. The molecule has 0 aliphatic heterocycles. The zero-order valence-electron chi connectivity index (χ0n) is 19.6. The van der Waals surface area contributed by atoms with E-state index in [0.717, 1.165) is 27.5 Å². The molecule has 0 aliphatic rings. The maximum absolute atomic E-state index is 9.63. The standard InChI is InChI=1S/C25H27NO3.CH4O3S/c1-3-29-24-13-23-19-9-5-4-8-18(19)17(14-26-25(2,15-27)16-28)12-22(23)20-10-6-7-11-21(20)24;1-5(2,3)4/h4-13,26-28H,3,14-16H2,1-2H3;1H3,(H,2,3,4). The van der Waals surface area contributed by atoms with Gasteiger partial charge in [-0.05, 0) is 58.5 Å². The van der Waals surface area contributed by atoms with Crippen LogP contribution in [0.4, 0.5) is 0 Å². The van der Waals surface area contributed by atoms with E-state index >= 15 is 0 Å². The first-order chi connectivity index (χ1) is 16.1. The van der Waals surface area contributed by atoms with Gasteiger partial charge in [0.15, 0.2) is 0 Å². The minimum Gasteiger partial charge on any atom is -0.493 e. The molecule has 182 valence electrons. The van der Waals surface area contributed by atoms with Crippen LogP contribution in [0.1, 0.15) is 19.4 Å².